The molecule has 0 aromatic carbocycles. The van der Waals surface area contributed by atoms with Gasteiger partial charge in [-0.1, -0.05) is 6.92 Å². The van der Waals surface area contributed by atoms with Gasteiger partial charge in [-0.05, 0) is 34.2 Å². The van der Waals surface area contributed by atoms with Gasteiger partial charge in [-0.3, -0.25) is 14.5 Å². The minimum atomic E-state index is -0.292. The van der Waals surface area contributed by atoms with Gasteiger partial charge in [-0.15, -0.1) is 0 Å². The first-order valence-electron chi connectivity index (χ1n) is 6.06. The fraction of sp³-hybridized carbons (Fsp3) is 0.833. The second-order valence-electron chi connectivity index (χ2n) is 4.56. The highest BCUT2D eigenvalue weighted by Crippen LogP contribution is 1.94. The van der Waals surface area contributed by atoms with Gasteiger partial charge in [0.1, 0.15) is 0 Å². The number of hydrogen-bond donors (Lipinski definition) is 1. The molecular formula is C12H24N2O3. The van der Waals surface area contributed by atoms with Crippen molar-refractivity contribution in [3.05, 3.63) is 0 Å². The summed E-state index contributed by atoms with van der Waals surface area (Å²) in [5.74, 6) is -0.363. The van der Waals surface area contributed by atoms with Crippen LogP contribution in [0.1, 0.15) is 34.6 Å². The molecule has 17 heavy (non-hydrogen) atoms. The molecule has 0 atom stereocenters. The topological polar surface area (TPSA) is 58.6 Å². The maximum atomic E-state index is 11.5. The van der Waals surface area contributed by atoms with Crippen LogP contribution in [0.15, 0.2) is 0 Å². The minimum Gasteiger partial charge on any atom is -0.462 e. The Morgan fingerprint density at radius 2 is 1.76 bits per heavy atom. The number of carbonyl (C=O) groups is 2. The van der Waals surface area contributed by atoms with E-state index in [1.807, 2.05) is 20.8 Å². The van der Waals surface area contributed by atoms with Gasteiger partial charge >= 0.3 is 5.97 Å². The Kier molecular flexibility index (Phi) is 7.54. The number of amides is 1. The molecule has 0 rings (SSSR count). The van der Waals surface area contributed by atoms with Crippen LogP contribution in [0, 0.1) is 0 Å². The van der Waals surface area contributed by atoms with Crippen LogP contribution in [0.25, 0.3) is 0 Å². The van der Waals surface area contributed by atoms with E-state index in [4.69, 9.17) is 4.74 Å². The van der Waals surface area contributed by atoms with Crippen LogP contribution >= 0.6 is 0 Å². The summed E-state index contributed by atoms with van der Waals surface area (Å²) in [5.41, 5.74) is 0. The van der Waals surface area contributed by atoms with Crippen molar-refractivity contribution in [2.24, 2.45) is 0 Å². The Bertz CT molecular complexity index is 228. The van der Waals surface area contributed by atoms with Crippen LogP contribution in [-0.4, -0.2) is 48.6 Å². The van der Waals surface area contributed by atoms with E-state index in [1.165, 1.54) is 0 Å². The van der Waals surface area contributed by atoms with E-state index in [0.717, 1.165) is 0 Å². The van der Waals surface area contributed by atoms with Gasteiger partial charge in [0.05, 0.1) is 19.2 Å². The number of nitrogens with zero attached hydrogens (tertiary/aromatic N) is 1. The number of hydrogen-bond acceptors (Lipinski definition) is 4. The van der Waals surface area contributed by atoms with Crippen molar-refractivity contribution in [1.29, 1.82) is 0 Å². The highest BCUT2D eigenvalue weighted by molar-refractivity contribution is 5.79. The largest absolute Gasteiger partial charge is 0.462 e. The second-order valence-corrected chi connectivity index (χ2v) is 4.56. The first kappa shape index (κ1) is 15.9. The van der Waals surface area contributed by atoms with Crippen LogP contribution in [0.3, 0.4) is 0 Å². The van der Waals surface area contributed by atoms with Crippen LogP contribution < -0.4 is 5.32 Å². The monoisotopic (exact) mass is 244 g/mol. The molecule has 0 aliphatic carbocycles. The van der Waals surface area contributed by atoms with Gasteiger partial charge in [-0.2, -0.15) is 0 Å². The van der Waals surface area contributed by atoms with E-state index in [9.17, 15) is 9.59 Å². The van der Waals surface area contributed by atoms with E-state index in [0.29, 0.717) is 6.54 Å². The molecule has 5 heteroatoms. The summed E-state index contributed by atoms with van der Waals surface area (Å²) >= 11 is 0. The lowest BCUT2D eigenvalue weighted by atomic mass is 10.3. The van der Waals surface area contributed by atoms with Crippen molar-refractivity contribution in [3.8, 4) is 0 Å². The van der Waals surface area contributed by atoms with Gasteiger partial charge in [0.2, 0.25) is 5.91 Å². The normalized spacial score (nSPS) is 11.1. The Morgan fingerprint density at radius 3 is 2.18 bits per heavy atom. The highest BCUT2D eigenvalue weighted by Gasteiger charge is 2.15. The molecule has 0 aromatic rings. The third-order valence-corrected chi connectivity index (χ3v) is 1.98. The van der Waals surface area contributed by atoms with E-state index in [1.54, 1.807) is 18.7 Å². The molecule has 0 saturated carbocycles. The zero-order valence-corrected chi connectivity index (χ0v) is 11.4. The molecule has 0 aromatic heterocycles. The quantitative estimate of drug-likeness (QED) is 0.673. The fourth-order valence-corrected chi connectivity index (χ4v) is 1.33. The summed E-state index contributed by atoms with van der Waals surface area (Å²) in [5, 5.41) is 2.79. The van der Waals surface area contributed by atoms with Crippen molar-refractivity contribution in [2.45, 2.75) is 46.8 Å². The van der Waals surface area contributed by atoms with Crippen molar-refractivity contribution < 1.29 is 14.3 Å². The maximum absolute atomic E-state index is 11.5. The predicted molar refractivity (Wildman–Crippen MR) is 66.6 cm³/mol. The zero-order chi connectivity index (χ0) is 13.4. The number of nitrogens with one attached hydrogen (secondary N) is 1. The summed E-state index contributed by atoms with van der Waals surface area (Å²) in [7, 11) is 0. The summed E-state index contributed by atoms with van der Waals surface area (Å²) < 4.78 is 5.03. The van der Waals surface area contributed by atoms with Crippen LogP contribution in [0.4, 0.5) is 0 Å². The lowest BCUT2D eigenvalue weighted by Crippen LogP contribution is -2.42. The van der Waals surface area contributed by atoms with Crippen LogP contribution in [-0.2, 0) is 14.3 Å². The Labute approximate surface area is 103 Å². The van der Waals surface area contributed by atoms with E-state index >= 15 is 0 Å². The Hall–Kier alpha value is -1.10. The summed E-state index contributed by atoms with van der Waals surface area (Å²) in [6, 6.07) is 0.115. The standard InChI is InChI=1S/C12H24N2O3/c1-6-14(7-11(15)13-9(2)3)8-12(16)17-10(4)5/h9-10H,6-8H2,1-5H3,(H,13,15). The molecule has 0 heterocycles. The Morgan fingerprint density at radius 1 is 1.18 bits per heavy atom. The Balaban J connectivity index is 4.07. The van der Waals surface area contributed by atoms with E-state index < -0.39 is 0 Å². The minimum absolute atomic E-state index is 0.0702. The van der Waals surface area contributed by atoms with Crippen molar-refractivity contribution in [2.75, 3.05) is 19.6 Å². The second kappa shape index (κ2) is 8.06. The molecular weight excluding hydrogens is 220 g/mol. The van der Waals surface area contributed by atoms with E-state index in [-0.39, 0.29) is 37.1 Å². The van der Waals surface area contributed by atoms with Crippen LogP contribution in [0.2, 0.25) is 0 Å². The molecule has 0 saturated heterocycles. The van der Waals surface area contributed by atoms with Crippen molar-refractivity contribution in [1.82, 2.24) is 10.2 Å². The first-order chi connectivity index (χ1) is 7.85. The fourth-order valence-electron chi connectivity index (χ4n) is 1.33. The number of likely N-dealkylation sites (N-methyl/N-ethyl adjacent to an activating group) is 1. The molecule has 0 fully saturated rings. The number of esters is 1. The SMILES string of the molecule is CCN(CC(=O)NC(C)C)CC(=O)OC(C)C. The molecule has 5 nitrogen and oxygen atoms in total. The predicted octanol–water partition coefficient (Wildman–Crippen LogP) is 0.785. The first-order valence-corrected chi connectivity index (χ1v) is 6.06. The number of rotatable bonds is 7. The smallest absolute Gasteiger partial charge is 0.320 e. The van der Waals surface area contributed by atoms with Gasteiger partial charge in [-0.25, -0.2) is 0 Å². The number of carbonyl (C=O) groups excluding carboxylic acids is 2. The molecule has 0 spiro atoms. The number of ether oxygens (including phenoxy) is 1. The maximum Gasteiger partial charge on any atom is 0.320 e. The molecule has 1 N–H and O–H groups in total. The average Bonchev–Trinajstić information content (AvgIpc) is 2.13. The van der Waals surface area contributed by atoms with Gasteiger partial charge in [0.25, 0.3) is 0 Å². The lowest BCUT2D eigenvalue weighted by Gasteiger charge is -2.20. The summed E-state index contributed by atoms with van der Waals surface area (Å²) in [4.78, 5) is 24.7. The molecule has 0 aliphatic rings. The van der Waals surface area contributed by atoms with Gasteiger partial charge in [0, 0.05) is 6.04 Å². The molecule has 0 unspecified atom stereocenters. The van der Waals surface area contributed by atoms with Crippen molar-refractivity contribution in [3.63, 3.8) is 0 Å². The van der Waals surface area contributed by atoms with Crippen LogP contribution in [0.5, 0.6) is 0 Å². The van der Waals surface area contributed by atoms with E-state index in [2.05, 4.69) is 5.32 Å². The molecule has 100 valence electrons. The molecule has 0 bridgehead atoms. The summed E-state index contributed by atoms with van der Waals surface area (Å²) in [6.07, 6.45) is -0.120. The summed E-state index contributed by atoms with van der Waals surface area (Å²) in [6.45, 7) is 10.3. The molecule has 1 amide bonds. The third kappa shape index (κ3) is 8.68. The third-order valence-electron chi connectivity index (χ3n) is 1.98. The lowest BCUT2D eigenvalue weighted by molar-refractivity contribution is -0.148. The zero-order valence-electron chi connectivity index (χ0n) is 11.4. The van der Waals surface area contributed by atoms with Crippen molar-refractivity contribution >= 4 is 11.9 Å². The van der Waals surface area contributed by atoms with Gasteiger partial charge in [0.15, 0.2) is 0 Å². The average molecular weight is 244 g/mol. The van der Waals surface area contributed by atoms with Gasteiger partial charge < -0.3 is 10.1 Å². The molecule has 0 aliphatic heterocycles. The highest BCUT2D eigenvalue weighted by atomic mass is 16.5. The molecule has 0 radical (unpaired) electrons.